The van der Waals surface area contributed by atoms with Gasteiger partial charge < -0.3 is 14.8 Å². The Morgan fingerprint density at radius 2 is 1.81 bits per heavy atom. The van der Waals surface area contributed by atoms with E-state index < -0.39 is 11.6 Å². The van der Waals surface area contributed by atoms with Crippen LogP contribution in [0.4, 0.5) is 26.2 Å². The topological polar surface area (TPSA) is 124 Å². The second-order valence-corrected chi connectivity index (χ2v) is 10.7. The van der Waals surface area contributed by atoms with Crippen LogP contribution in [0, 0.1) is 18.6 Å². The van der Waals surface area contributed by atoms with Gasteiger partial charge in [-0.2, -0.15) is 0 Å². The fourth-order valence-electron chi connectivity index (χ4n) is 5.36. The number of nitrogens with one attached hydrogen (secondary N) is 2. The van der Waals surface area contributed by atoms with Crippen LogP contribution in [0.1, 0.15) is 45.0 Å². The van der Waals surface area contributed by atoms with Gasteiger partial charge in [-0.15, -0.1) is 0 Å². The molecule has 0 bridgehead atoms. The number of carbonyl (C=O) groups excluding carboxylic acids is 1. The van der Waals surface area contributed by atoms with Gasteiger partial charge in [-0.25, -0.2) is 34.2 Å². The Bertz CT molecular complexity index is 1550. The number of rotatable bonds is 10. The molecule has 4 aromatic rings. The average Bonchev–Trinajstić information content (AvgIpc) is 3.33. The summed E-state index contributed by atoms with van der Waals surface area (Å²) >= 11 is 0. The molecule has 1 amide bonds. The van der Waals surface area contributed by atoms with E-state index in [4.69, 9.17) is 5.21 Å². The number of carbonyl (C=O) groups is 1. The van der Waals surface area contributed by atoms with Crippen LogP contribution < -0.4 is 15.7 Å². The normalized spacial score (nSPS) is 14.1. The van der Waals surface area contributed by atoms with Gasteiger partial charge >= 0.3 is 0 Å². The summed E-state index contributed by atoms with van der Waals surface area (Å²) in [5.74, 6) is -0.231. The minimum absolute atomic E-state index is 0.0198. The molecule has 1 aliphatic heterocycles. The molecule has 3 N–H and O–H groups in total. The molecule has 0 radical (unpaired) electrons. The smallest absolute Gasteiger partial charge is 0.243 e. The van der Waals surface area contributed by atoms with Crippen molar-refractivity contribution < 1.29 is 18.8 Å². The number of hydroxylamine groups is 1. The SMILES string of the molecule is Cc1nc2c(F)cc(-c3nc(Nc4ccc(N5CCN(CCCCC(=O)NO)CC5)cn4)ncc3F)cc2n1C(C)C. The van der Waals surface area contributed by atoms with Crippen molar-refractivity contribution in [2.75, 3.05) is 42.9 Å². The maximum atomic E-state index is 15.0. The molecule has 1 aliphatic rings. The van der Waals surface area contributed by atoms with Crippen molar-refractivity contribution in [3.63, 3.8) is 0 Å². The average molecular weight is 580 g/mol. The number of unbranched alkanes of at least 4 members (excludes halogenated alkanes) is 1. The summed E-state index contributed by atoms with van der Waals surface area (Å²) in [5, 5.41) is 11.6. The molecule has 5 rings (SSSR count). The van der Waals surface area contributed by atoms with Crippen LogP contribution >= 0.6 is 0 Å². The van der Waals surface area contributed by atoms with Gasteiger partial charge in [0.25, 0.3) is 0 Å². The molecule has 42 heavy (non-hydrogen) atoms. The van der Waals surface area contributed by atoms with Crippen LogP contribution in [0.3, 0.4) is 0 Å². The van der Waals surface area contributed by atoms with Gasteiger partial charge in [-0.1, -0.05) is 0 Å². The highest BCUT2D eigenvalue weighted by Gasteiger charge is 2.20. The number of benzene rings is 1. The first kappa shape index (κ1) is 29.3. The lowest BCUT2D eigenvalue weighted by Gasteiger charge is -2.36. The maximum absolute atomic E-state index is 15.0. The molecular formula is C29H35F2N9O2. The number of aromatic nitrogens is 5. The third-order valence-electron chi connectivity index (χ3n) is 7.44. The van der Waals surface area contributed by atoms with Gasteiger partial charge in [0.15, 0.2) is 11.6 Å². The minimum Gasteiger partial charge on any atom is -0.368 e. The van der Waals surface area contributed by atoms with Crippen molar-refractivity contribution in [3.05, 3.63) is 54.1 Å². The van der Waals surface area contributed by atoms with E-state index in [1.165, 1.54) is 6.07 Å². The number of pyridine rings is 1. The van der Waals surface area contributed by atoms with E-state index in [1.807, 2.05) is 37.5 Å². The summed E-state index contributed by atoms with van der Waals surface area (Å²) in [6, 6.07) is 6.78. The van der Waals surface area contributed by atoms with Crippen molar-refractivity contribution in [3.8, 4) is 11.3 Å². The van der Waals surface area contributed by atoms with Gasteiger partial charge in [0.1, 0.15) is 22.9 Å². The zero-order valence-corrected chi connectivity index (χ0v) is 23.9. The number of fused-ring (bicyclic) bond motifs is 1. The highest BCUT2D eigenvalue weighted by Crippen LogP contribution is 2.30. The first-order valence-corrected chi connectivity index (χ1v) is 14.1. The van der Waals surface area contributed by atoms with Gasteiger partial charge in [-0.3, -0.25) is 14.9 Å². The lowest BCUT2D eigenvalue weighted by Crippen LogP contribution is -2.46. The predicted octanol–water partition coefficient (Wildman–Crippen LogP) is 4.60. The van der Waals surface area contributed by atoms with E-state index >= 15 is 0 Å². The summed E-state index contributed by atoms with van der Waals surface area (Å²) in [5.41, 5.74) is 3.75. The molecule has 0 unspecified atom stereocenters. The number of aryl methyl sites for hydroxylation is 1. The summed E-state index contributed by atoms with van der Waals surface area (Å²) in [4.78, 5) is 33.0. The maximum Gasteiger partial charge on any atom is 0.243 e. The first-order chi connectivity index (χ1) is 20.2. The van der Waals surface area contributed by atoms with E-state index in [9.17, 15) is 13.6 Å². The van der Waals surface area contributed by atoms with Crippen molar-refractivity contribution in [2.45, 2.75) is 46.1 Å². The Kier molecular flexibility index (Phi) is 8.88. The van der Waals surface area contributed by atoms with Crippen molar-refractivity contribution >= 4 is 34.4 Å². The summed E-state index contributed by atoms with van der Waals surface area (Å²) < 4.78 is 31.8. The summed E-state index contributed by atoms with van der Waals surface area (Å²) in [7, 11) is 0. The van der Waals surface area contributed by atoms with E-state index in [0.29, 0.717) is 29.1 Å². The molecule has 3 aromatic heterocycles. The van der Waals surface area contributed by atoms with E-state index in [-0.39, 0.29) is 29.1 Å². The van der Waals surface area contributed by atoms with Gasteiger partial charge in [0.05, 0.1) is 23.6 Å². The second-order valence-electron chi connectivity index (χ2n) is 10.7. The van der Waals surface area contributed by atoms with Crippen LogP contribution in [0.25, 0.3) is 22.3 Å². The second kappa shape index (κ2) is 12.7. The number of hydrogen-bond acceptors (Lipinski definition) is 9. The number of amides is 1. The molecule has 1 aromatic carbocycles. The molecule has 0 aliphatic carbocycles. The first-order valence-electron chi connectivity index (χ1n) is 14.1. The van der Waals surface area contributed by atoms with E-state index in [2.05, 4.69) is 35.1 Å². The molecule has 4 heterocycles. The molecule has 222 valence electrons. The van der Waals surface area contributed by atoms with Crippen LogP contribution in [-0.4, -0.2) is 73.2 Å². The highest BCUT2D eigenvalue weighted by atomic mass is 19.1. The Hall–Kier alpha value is -4.23. The predicted molar refractivity (Wildman–Crippen MR) is 156 cm³/mol. The Morgan fingerprint density at radius 1 is 1.02 bits per heavy atom. The number of halogens is 2. The third-order valence-corrected chi connectivity index (χ3v) is 7.44. The van der Waals surface area contributed by atoms with Gasteiger partial charge in [0, 0.05) is 44.2 Å². The Labute approximate surface area is 242 Å². The highest BCUT2D eigenvalue weighted by molar-refractivity contribution is 5.83. The van der Waals surface area contributed by atoms with Crippen LogP contribution in [-0.2, 0) is 4.79 Å². The molecule has 0 spiro atoms. The molecule has 1 saturated heterocycles. The Morgan fingerprint density at radius 3 is 2.50 bits per heavy atom. The standard InChI is InChI=1S/C29H35F2N9O2/c1-18(2)40-19(3)34-28-22(30)14-20(15-24(28)40)27-23(31)17-33-29(36-27)35-25-8-7-21(16-32-25)39-12-10-38(11-13-39)9-5-4-6-26(41)37-42/h7-8,14-18,42H,4-6,9-13H2,1-3H3,(H,37,41)(H,32,33,35,36). The Balaban J connectivity index is 1.23. The lowest BCUT2D eigenvalue weighted by molar-refractivity contribution is -0.129. The van der Waals surface area contributed by atoms with Crippen LogP contribution in [0.15, 0.2) is 36.7 Å². The number of nitrogens with zero attached hydrogens (tertiary/aromatic N) is 7. The molecule has 13 heteroatoms. The molecular weight excluding hydrogens is 544 g/mol. The summed E-state index contributed by atoms with van der Waals surface area (Å²) in [6.07, 6.45) is 4.79. The zero-order chi connectivity index (χ0) is 29.8. The minimum atomic E-state index is -0.662. The molecule has 11 nitrogen and oxygen atoms in total. The van der Waals surface area contributed by atoms with Crippen molar-refractivity contribution in [2.24, 2.45) is 0 Å². The monoisotopic (exact) mass is 579 g/mol. The molecule has 0 saturated carbocycles. The number of imidazole rings is 1. The van der Waals surface area contributed by atoms with E-state index in [1.54, 1.807) is 17.7 Å². The lowest BCUT2D eigenvalue weighted by atomic mass is 10.1. The van der Waals surface area contributed by atoms with Gasteiger partial charge in [-0.05, 0) is 64.4 Å². The van der Waals surface area contributed by atoms with Crippen molar-refractivity contribution in [1.82, 2.24) is 34.9 Å². The molecule has 0 atom stereocenters. The van der Waals surface area contributed by atoms with Gasteiger partial charge in [0.2, 0.25) is 11.9 Å². The number of hydrogen-bond donors (Lipinski definition) is 3. The largest absolute Gasteiger partial charge is 0.368 e. The molecule has 1 fully saturated rings. The fraction of sp³-hybridized carbons (Fsp3) is 0.414. The number of anilines is 3. The zero-order valence-electron chi connectivity index (χ0n) is 23.9. The van der Waals surface area contributed by atoms with Crippen LogP contribution in [0.2, 0.25) is 0 Å². The van der Waals surface area contributed by atoms with Crippen molar-refractivity contribution in [1.29, 1.82) is 0 Å². The summed E-state index contributed by atoms with van der Waals surface area (Å²) in [6.45, 7) is 10.2. The fourth-order valence-corrected chi connectivity index (χ4v) is 5.36. The number of piperazine rings is 1. The van der Waals surface area contributed by atoms with E-state index in [0.717, 1.165) is 57.4 Å². The quantitative estimate of drug-likeness (QED) is 0.141. The third kappa shape index (κ3) is 6.47. The van der Waals surface area contributed by atoms with Crippen LogP contribution in [0.5, 0.6) is 0 Å².